The van der Waals surface area contributed by atoms with Gasteiger partial charge in [0.05, 0.1) is 12.5 Å². The average molecular weight is 201 g/mol. The van der Waals surface area contributed by atoms with E-state index in [0.29, 0.717) is 12.5 Å². The summed E-state index contributed by atoms with van der Waals surface area (Å²) in [4.78, 5) is 6.63. The van der Waals surface area contributed by atoms with Crippen LogP contribution in [0.15, 0.2) is 18.3 Å². The highest BCUT2D eigenvalue weighted by atomic mass is 15.2. The molecule has 3 heteroatoms. The van der Waals surface area contributed by atoms with Crippen LogP contribution in [0.2, 0.25) is 0 Å². The molecule has 1 aliphatic carbocycles. The summed E-state index contributed by atoms with van der Waals surface area (Å²) in [5.74, 6) is 1.02. The minimum atomic E-state index is 0.576. The summed E-state index contributed by atoms with van der Waals surface area (Å²) >= 11 is 0. The van der Waals surface area contributed by atoms with Crippen molar-refractivity contribution >= 4 is 5.82 Å². The number of pyridine rings is 1. The van der Waals surface area contributed by atoms with Crippen molar-refractivity contribution in [2.45, 2.75) is 32.2 Å². The Morgan fingerprint density at radius 1 is 1.60 bits per heavy atom. The molecule has 0 bridgehead atoms. The number of rotatable bonds is 4. The zero-order chi connectivity index (χ0) is 10.7. The first-order chi connectivity index (χ1) is 7.31. The van der Waals surface area contributed by atoms with E-state index in [1.807, 2.05) is 12.3 Å². The van der Waals surface area contributed by atoms with Gasteiger partial charge in [-0.2, -0.15) is 5.26 Å². The lowest BCUT2D eigenvalue weighted by Gasteiger charge is -2.22. The Labute approximate surface area is 90.4 Å². The van der Waals surface area contributed by atoms with Crippen LogP contribution in [0.25, 0.3) is 0 Å². The monoisotopic (exact) mass is 201 g/mol. The van der Waals surface area contributed by atoms with Gasteiger partial charge in [0, 0.05) is 18.8 Å². The Morgan fingerprint density at radius 2 is 2.40 bits per heavy atom. The molecule has 1 heterocycles. The van der Waals surface area contributed by atoms with Crippen LogP contribution in [0.1, 0.15) is 24.8 Å². The molecule has 1 fully saturated rings. The van der Waals surface area contributed by atoms with Gasteiger partial charge in [-0.1, -0.05) is 0 Å². The van der Waals surface area contributed by atoms with Crippen molar-refractivity contribution in [1.82, 2.24) is 4.98 Å². The standard InChI is InChI=1S/C12H15N3/c1-10-5-7-14-12(9-10)15(8-2-6-13)11-3-4-11/h5,7,9,11H,2-4,8H2,1H3. The van der Waals surface area contributed by atoms with Crippen LogP contribution in [0, 0.1) is 18.3 Å². The molecule has 1 aliphatic rings. The van der Waals surface area contributed by atoms with Gasteiger partial charge >= 0.3 is 0 Å². The van der Waals surface area contributed by atoms with Crippen molar-refractivity contribution in [3.05, 3.63) is 23.9 Å². The maximum atomic E-state index is 8.62. The summed E-state index contributed by atoms with van der Waals surface area (Å²) in [6.07, 6.45) is 4.89. The second-order valence-electron chi connectivity index (χ2n) is 4.02. The van der Waals surface area contributed by atoms with Gasteiger partial charge in [-0.3, -0.25) is 0 Å². The molecule has 2 rings (SSSR count). The number of nitrogens with zero attached hydrogens (tertiary/aromatic N) is 3. The van der Waals surface area contributed by atoms with Crippen LogP contribution in [0.5, 0.6) is 0 Å². The summed E-state index contributed by atoms with van der Waals surface area (Å²) in [5.41, 5.74) is 1.22. The molecule has 78 valence electrons. The summed E-state index contributed by atoms with van der Waals surface area (Å²) in [6, 6.07) is 6.91. The molecule has 0 aromatic carbocycles. The average Bonchev–Trinajstić information content (AvgIpc) is 3.03. The summed E-state index contributed by atoms with van der Waals surface area (Å²) in [7, 11) is 0. The molecular formula is C12H15N3. The topological polar surface area (TPSA) is 39.9 Å². The molecule has 0 atom stereocenters. The van der Waals surface area contributed by atoms with Gasteiger partial charge in [0.2, 0.25) is 0 Å². The van der Waals surface area contributed by atoms with Crippen molar-refractivity contribution in [3.63, 3.8) is 0 Å². The van der Waals surface area contributed by atoms with E-state index in [4.69, 9.17) is 5.26 Å². The quantitative estimate of drug-likeness (QED) is 0.750. The first kappa shape index (κ1) is 9.97. The number of hydrogen-bond donors (Lipinski definition) is 0. The van der Waals surface area contributed by atoms with E-state index in [0.717, 1.165) is 12.4 Å². The van der Waals surface area contributed by atoms with E-state index in [2.05, 4.69) is 28.9 Å². The molecule has 15 heavy (non-hydrogen) atoms. The van der Waals surface area contributed by atoms with E-state index in [1.165, 1.54) is 18.4 Å². The van der Waals surface area contributed by atoms with Gasteiger partial charge in [0.1, 0.15) is 5.82 Å². The lowest BCUT2D eigenvalue weighted by atomic mass is 10.2. The molecule has 0 N–H and O–H groups in total. The third kappa shape index (κ3) is 2.47. The molecule has 0 spiro atoms. The van der Waals surface area contributed by atoms with Crippen LogP contribution < -0.4 is 4.90 Å². The third-order valence-electron chi connectivity index (χ3n) is 2.65. The van der Waals surface area contributed by atoms with Gasteiger partial charge in [-0.15, -0.1) is 0 Å². The molecule has 0 amide bonds. The summed E-state index contributed by atoms with van der Waals surface area (Å²) in [6.45, 7) is 2.87. The van der Waals surface area contributed by atoms with E-state index in [1.54, 1.807) is 0 Å². The first-order valence-corrected chi connectivity index (χ1v) is 5.37. The number of nitriles is 1. The maximum Gasteiger partial charge on any atom is 0.129 e. The lowest BCUT2D eigenvalue weighted by Crippen LogP contribution is -2.27. The van der Waals surface area contributed by atoms with Crippen molar-refractivity contribution in [3.8, 4) is 6.07 Å². The third-order valence-corrected chi connectivity index (χ3v) is 2.65. The van der Waals surface area contributed by atoms with Gasteiger partial charge < -0.3 is 4.90 Å². The van der Waals surface area contributed by atoms with Crippen molar-refractivity contribution in [2.24, 2.45) is 0 Å². The Balaban J connectivity index is 2.13. The Kier molecular flexibility index (Phi) is 2.86. The Bertz CT molecular complexity index is 377. The smallest absolute Gasteiger partial charge is 0.129 e. The largest absolute Gasteiger partial charge is 0.353 e. The number of aromatic nitrogens is 1. The van der Waals surface area contributed by atoms with E-state index in [9.17, 15) is 0 Å². The van der Waals surface area contributed by atoms with E-state index >= 15 is 0 Å². The number of hydrogen-bond acceptors (Lipinski definition) is 3. The van der Waals surface area contributed by atoms with Crippen LogP contribution in [0.3, 0.4) is 0 Å². The normalized spacial score (nSPS) is 14.7. The predicted molar refractivity (Wildman–Crippen MR) is 59.6 cm³/mol. The van der Waals surface area contributed by atoms with Gasteiger partial charge in [0.25, 0.3) is 0 Å². The minimum absolute atomic E-state index is 0.576. The van der Waals surface area contributed by atoms with E-state index in [-0.39, 0.29) is 0 Å². The molecule has 1 saturated carbocycles. The molecule has 3 nitrogen and oxygen atoms in total. The number of aryl methyl sites for hydroxylation is 1. The lowest BCUT2D eigenvalue weighted by molar-refractivity contribution is 0.777. The molecule has 0 radical (unpaired) electrons. The van der Waals surface area contributed by atoms with Crippen LogP contribution in [-0.2, 0) is 0 Å². The van der Waals surface area contributed by atoms with Crippen LogP contribution in [0.4, 0.5) is 5.82 Å². The van der Waals surface area contributed by atoms with Crippen LogP contribution >= 0.6 is 0 Å². The highest BCUT2D eigenvalue weighted by Gasteiger charge is 2.29. The number of anilines is 1. The fourth-order valence-electron chi connectivity index (χ4n) is 1.72. The molecule has 1 aromatic heterocycles. The SMILES string of the molecule is Cc1ccnc(N(CCC#N)C2CC2)c1. The van der Waals surface area contributed by atoms with Gasteiger partial charge in [-0.25, -0.2) is 4.98 Å². The fraction of sp³-hybridized carbons (Fsp3) is 0.500. The highest BCUT2D eigenvalue weighted by Crippen LogP contribution is 2.30. The van der Waals surface area contributed by atoms with Crippen molar-refractivity contribution < 1.29 is 0 Å². The minimum Gasteiger partial charge on any atom is -0.353 e. The summed E-state index contributed by atoms with van der Waals surface area (Å²) in [5, 5.41) is 8.62. The second-order valence-corrected chi connectivity index (χ2v) is 4.02. The molecule has 0 unspecified atom stereocenters. The van der Waals surface area contributed by atoms with Gasteiger partial charge in [-0.05, 0) is 37.5 Å². The Morgan fingerprint density at radius 3 is 3.00 bits per heavy atom. The fourth-order valence-corrected chi connectivity index (χ4v) is 1.72. The zero-order valence-electron chi connectivity index (χ0n) is 8.98. The van der Waals surface area contributed by atoms with Crippen molar-refractivity contribution in [2.75, 3.05) is 11.4 Å². The maximum absolute atomic E-state index is 8.62. The second kappa shape index (κ2) is 4.31. The molecule has 1 aromatic rings. The summed E-state index contributed by atoms with van der Waals surface area (Å²) < 4.78 is 0. The predicted octanol–water partition coefficient (Wildman–Crippen LogP) is 2.27. The first-order valence-electron chi connectivity index (χ1n) is 5.37. The van der Waals surface area contributed by atoms with Gasteiger partial charge in [0.15, 0.2) is 0 Å². The van der Waals surface area contributed by atoms with Crippen LogP contribution in [-0.4, -0.2) is 17.6 Å². The highest BCUT2D eigenvalue weighted by molar-refractivity contribution is 5.43. The zero-order valence-corrected chi connectivity index (χ0v) is 8.98. The molecule has 0 aliphatic heterocycles. The van der Waals surface area contributed by atoms with E-state index < -0.39 is 0 Å². The molecule has 0 saturated heterocycles. The molecular weight excluding hydrogens is 186 g/mol. The Hall–Kier alpha value is -1.56. The van der Waals surface area contributed by atoms with Crippen molar-refractivity contribution in [1.29, 1.82) is 5.26 Å².